The van der Waals surface area contributed by atoms with E-state index in [-0.39, 0.29) is 6.04 Å². The number of halogens is 1. The van der Waals surface area contributed by atoms with Crippen LogP contribution in [-0.2, 0) is 10.4 Å². The molecule has 0 aliphatic carbocycles. The molecule has 0 saturated carbocycles. The molecule has 2 nitrogen and oxygen atoms in total. The van der Waals surface area contributed by atoms with Crippen molar-refractivity contribution in [3.05, 3.63) is 34.9 Å². The average molecular weight is 251 g/mol. The minimum atomic E-state index is -1.31. The Labute approximate surface area is 109 Å². The van der Waals surface area contributed by atoms with Gasteiger partial charge in [-0.2, -0.15) is 0 Å². The number of hydrogen-bond acceptors (Lipinski definition) is 2. The van der Waals surface area contributed by atoms with Gasteiger partial charge in [-0.3, -0.25) is 0 Å². The van der Waals surface area contributed by atoms with Crippen molar-refractivity contribution in [3.8, 4) is 0 Å². The quantitative estimate of drug-likeness (QED) is 0.892. The molecule has 2 rings (SSSR count). The molecule has 0 amide bonds. The average Bonchev–Trinajstić information content (AvgIpc) is 2.33. The Morgan fingerprint density at radius 3 is 2.78 bits per heavy atom. The molecule has 0 bridgehead atoms. The zero-order valence-corrected chi connectivity index (χ0v) is 11.4. The molecule has 0 aromatic heterocycles. The van der Waals surface area contributed by atoms with Crippen LogP contribution in [0.1, 0.15) is 30.0 Å². The summed E-state index contributed by atoms with van der Waals surface area (Å²) in [6, 6.07) is 5.95. The lowest BCUT2D eigenvalue weighted by Crippen LogP contribution is -2.44. The van der Waals surface area contributed by atoms with Crippen LogP contribution in [0.15, 0.2) is 18.2 Å². The van der Waals surface area contributed by atoms with Crippen LogP contribution < -0.4 is 5.32 Å². The van der Waals surface area contributed by atoms with Gasteiger partial charge in [-0.1, -0.05) is 18.2 Å². The van der Waals surface area contributed by atoms with Crippen LogP contribution >= 0.6 is 0 Å². The Kier molecular flexibility index (Phi) is 4.03. The highest BCUT2D eigenvalue weighted by atomic mass is 19.1. The predicted molar refractivity (Wildman–Crippen MR) is 71.6 cm³/mol. The maximum Gasteiger partial charge on any atom is 0.134 e. The van der Waals surface area contributed by atoms with Crippen LogP contribution in [0.3, 0.4) is 0 Å². The Hall–Kier alpha value is -0.930. The van der Waals surface area contributed by atoms with Gasteiger partial charge in [0.1, 0.15) is 5.67 Å². The monoisotopic (exact) mass is 251 g/mol. The zero-order chi connectivity index (χ0) is 13.2. The van der Waals surface area contributed by atoms with Gasteiger partial charge in [0.25, 0.3) is 0 Å². The number of hydrogen-bond donors (Lipinski definition) is 1. The summed E-state index contributed by atoms with van der Waals surface area (Å²) in [7, 11) is 0. The molecular weight excluding hydrogens is 229 g/mol. The normalized spacial score (nSPS) is 23.7. The molecule has 1 aromatic carbocycles. The highest BCUT2D eigenvalue weighted by Gasteiger charge is 2.30. The van der Waals surface area contributed by atoms with E-state index in [1.165, 1.54) is 5.56 Å². The largest absolute Gasteiger partial charge is 0.379 e. The fourth-order valence-corrected chi connectivity index (χ4v) is 2.40. The van der Waals surface area contributed by atoms with Gasteiger partial charge in [-0.25, -0.2) is 4.39 Å². The molecule has 1 heterocycles. The van der Waals surface area contributed by atoms with E-state index in [4.69, 9.17) is 4.74 Å². The van der Waals surface area contributed by atoms with Gasteiger partial charge in [-0.15, -0.1) is 0 Å². The fraction of sp³-hybridized carbons (Fsp3) is 0.600. The predicted octanol–water partition coefficient (Wildman–Crippen LogP) is 2.87. The Morgan fingerprint density at radius 2 is 2.17 bits per heavy atom. The van der Waals surface area contributed by atoms with Gasteiger partial charge in [-0.05, 0) is 37.5 Å². The van der Waals surface area contributed by atoms with E-state index in [9.17, 15) is 4.39 Å². The first-order valence-corrected chi connectivity index (χ1v) is 6.57. The third-order valence-electron chi connectivity index (χ3n) is 3.74. The van der Waals surface area contributed by atoms with E-state index < -0.39 is 5.67 Å². The summed E-state index contributed by atoms with van der Waals surface area (Å²) in [5, 5.41) is 3.31. The van der Waals surface area contributed by atoms with E-state index >= 15 is 0 Å². The number of benzene rings is 1. The Bertz CT molecular complexity index is 411. The molecule has 0 spiro atoms. The molecule has 2 unspecified atom stereocenters. The first-order chi connectivity index (χ1) is 8.49. The van der Waals surface area contributed by atoms with Crippen LogP contribution in [0.5, 0.6) is 0 Å². The van der Waals surface area contributed by atoms with Crippen molar-refractivity contribution in [2.24, 2.45) is 0 Å². The van der Waals surface area contributed by atoms with E-state index in [0.717, 1.165) is 24.3 Å². The van der Waals surface area contributed by atoms with E-state index in [2.05, 4.69) is 5.32 Å². The summed E-state index contributed by atoms with van der Waals surface area (Å²) in [5.74, 6) is 0. The van der Waals surface area contributed by atoms with Crippen molar-refractivity contribution in [2.75, 3.05) is 19.8 Å². The van der Waals surface area contributed by atoms with Crippen molar-refractivity contribution in [2.45, 2.75) is 38.9 Å². The summed E-state index contributed by atoms with van der Waals surface area (Å²) in [5.41, 5.74) is 1.80. The van der Waals surface area contributed by atoms with Crippen LogP contribution in [0.2, 0.25) is 0 Å². The second-order valence-electron chi connectivity index (χ2n) is 5.43. The molecule has 1 saturated heterocycles. The third-order valence-corrected chi connectivity index (χ3v) is 3.74. The van der Waals surface area contributed by atoms with Crippen LogP contribution in [0.4, 0.5) is 4.39 Å². The second kappa shape index (κ2) is 5.37. The lowest BCUT2D eigenvalue weighted by molar-refractivity contribution is 0.0474. The molecule has 1 aliphatic rings. The number of alkyl halides is 1. The van der Waals surface area contributed by atoms with Gasteiger partial charge < -0.3 is 10.1 Å². The minimum Gasteiger partial charge on any atom is -0.379 e. The fourth-order valence-electron chi connectivity index (χ4n) is 2.40. The topological polar surface area (TPSA) is 21.3 Å². The van der Waals surface area contributed by atoms with Gasteiger partial charge in [0.05, 0.1) is 13.2 Å². The standard InChI is InChI=1S/C15H22FNO/c1-11-4-5-13(8-12(11)2)15(3,16)9-14-10-18-7-6-17-14/h4-5,8,14,17H,6-7,9-10H2,1-3H3. The second-order valence-corrected chi connectivity index (χ2v) is 5.43. The summed E-state index contributed by atoms with van der Waals surface area (Å²) in [6.07, 6.45) is 0.454. The molecule has 1 aliphatic heterocycles. The summed E-state index contributed by atoms with van der Waals surface area (Å²) >= 11 is 0. The third kappa shape index (κ3) is 3.09. The maximum absolute atomic E-state index is 14.8. The molecule has 0 radical (unpaired) electrons. The molecule has 2 atom stereocenters. The Morgan fingerprint density at radius 1 is 1.39 bits per heavy atom. The first-order valence-electron chi connectivity index (χ1n) is 6.57. The number of aryl methyl sites for hydroxylation is 2. The van der Waals surface area contributed by atoms with Gasteiger partial charge >= 0.3 is 0 Å². The highest BCUT2D eigenvalue weighted by molar-refractivity contribution is 5.33. The molecule has 1 aromatic rings. The molecule has 18 heavy (non-hydrogen) atoms. The summed E-state index contributed by atoms with van der Waals surface area (Å²) in [6.45, 7) is 7.87. The Balaban J connectivity index is 2.10. The number of rotatable bonds is 3. The van der Waals surface area contributed by atoms with Gasteiger partial charge in [0.15, 0.2) is 0 Å². The maximum atomic E-state index is 14.8. The van der Waals surface area contributed by atoms with Crippen molar-refractivity contribution in [1.82, 2.24) is 5.32 Å². The molecular formula is C15H22FNO. The lowest BCUT2D eigenvalue weighted by atomic mass is 9.89. The van der Waals surface area contributed by atoms with Crippen molar-refractivity contribution in [1.29, 1.82) is 0 Å². The molecule has 1 fully saturated rings. The van der Waals surface area contributed by atoms with Crippen molar-refractivity contribution < 1.29 is 9.13 Å². The van der Waals surface area contributed by atoms with E-state index in [1.807, 2.05) is 32.0 Å². The van der Waals surface area contributed by atoms with E-state index in [0.29, 0.717) is 13.0 Å². The SMILES string of the molecule is Cc1ccc(C(C)(F)CC2COCCN2)cc1C. The smallest absolute Gasteiger partial charge is 0.134 e. The number of nitrogens with one attached hydrogen (secondary N) is 1. The van der Waals surface area contributed by atoms with Gasteiger partial charge in [0, 0.05) is 19.0 Å². The first kappa shape index (κ1) is 13.5. The van der Waals surface area contributed by atoms with Crippen LogP contribution in [0.25, 0.3) is 0 Å². The molecule has 100 valence electrons. The zero-order valence-electron chi connectivity index (χ0n) is 11.4. The molecule has 1 N–H and O–H groups in total. The van der Waals surface area contributed by atoms with Crippen molar-refractivity contribution in [3.63, 3.8) is 0 Å². The van der Waals surface area contributed by atoms with Crippen molar-refractivity contribution >= 4 is 0 Å². The summed E-state index contributed by atoms with van der Waals surface area (Å²) < 4.78 is 20.2. The number of ether oxygens (including phenoxy) is 1. The van der Waals surface area contributed by atoms with E-state index in [1.54, 1.807) is 6.92 Å². The highest BCUT2D eigenvalue weighted by Crippen LogP contribution is 2.32. The molecule has 3 heteroatoms. The minimum absolute atomic E-state index is 0.107. The van der Waals surface area contributed by atoms with Gasteiger partial charge in [0.2, 0.25) is 0 Å². The summed E-state index contributed by atoms with van der Waals surface area (Å²) in [4.78, 5) is 0. The lowest BCUT2D eigenvalue weighted by Gasteiger charge is -2.30. The number of morpholine rings is 1. The van der Waals surface area contributed by atoms with Crippen LogP contribution in [-0.4, -0.2) is 25.8 Å². The van der Waals surface area contributed by atoms with Crippen LogP contribution in [0, 0.1) is 13.8 Å².